The number of rotatable bonds is 8. The zero-order chi connectivity index (χ0) is 19.8. The van der Waals surface area contributed by atoms with Gasteiger partial charge in [0.15, 0.2) is 11.5 Å². The predicted molar refractivity (Wildman–Crippen MR) is 107 cm³/mol. The summed E-state index contributed by atoms with van der Waals surface area (Å²) < 4.78 is 17.2. The Kier molecular flexibility index (Phi) is 8.23. The molecule has 1 aliphatic rings. The summed E-state index contributed by atoms with van der Waals surface area (Å²) in [7, 11) is 0. The van der Waals surface area contributed by atoms with Crippen LogP contribution in [-0.2, 0) is 0 Å². The number of hydrogen-bond acceptors (Lipinski definition) is 5. The molecule has 6 heteroatoms. The predicted octanol–water partition coefficient (Wildman–Crippen LogP) is 3.44. The van der Waals surface area contributed by atoms with Crippen LogP contribution in [0.25, 0.3) is 0 Å². The van der Waals surface area contributed by atoms with Crippen LogP contribution in [0.2, 0.25) is 0 Å². The maximum absolute atomic E-state index is 13.2. The van der Waals surface area contributed by atoms with E-state index in [1.54, 1.807) is 12.1 Å². The zero-order valence-corrected chi connectivity index (χ0v) is 17.4. The third kappa shape index (κ3) is 5.51. The first-order valence-electron chi connectivity index (χ1n) is 10.1. The van der Waals surface area contributed by atoms with E-state index in [1.807, 2.05) is 25.7 Å². The second kappa shape index (κ2) is 10.4. The van der Waals surface area contributed by atoms with Gasteiger partial charge in [-0.15, -0.1) is 0 Å². The number of nitrogens with zero attached hydrogens (tertiary/aromatic N) is 2. The van der Waals surface area contributed by atoms with Crippen LogP contribution in [0.3, 0.4) is 0 Å². The molecule has 1 aliphatic heterocycles. The largest absolute Gasteiger partial charge is 0.490 e. The van der Waals surface area contributed by atoms with Crippen molar-refractivity contribution in [2.24, 2.45) is 0 Å². The fraction of sp³-hybridized carbons (Fsp3) is 0.667. The molecule has 0 atom stereocenters. The minimum atomic E-state index is 0.0190. The molecule has 0 unspecified atom stereocenters. The molecule has 6 nitrogen and oxygen atoms in total. The van der Waals surface area contributed by atoms with Crippen LogP contribution in [0, 0.1) is 0 Å². The lowest BCUT2D eigenvalue weighted by atomic mass is 10.1. The van der Waals surface area contributed by atoms with E-state index in [1.165, 1.54) is 0 Å². The summed E-state index contributed by atoms with van der Waals surface area (Å²) in [5.74, 6) is 1.71. The Bertz CT molecular complexity index is 591. The fourth-order valence-electron chi connectivity index (χ4n) is 3.35. The highest BCUT2D eigenvalue weighted by Crippen LogP contribution is 2.39. The van der Waals surface area contributed by atoms with E-state index in [9.17, 15) is 4.79 Å². The topological polar surface area (TPSA) is 51.2 Å². The van der Waals surface area contributed by atoms with Crippen molar-refractivity contribution >= 4 is 5.91 Å². The summed E-state index contributed by atoms with van der Waals surface area (Å²) in [5.41, 5.74) is 0.586. The molecular weight excluding hydrogens is 344 g/mol. The van der Waals surface area contributed by atoms with E-state index in [0.717, 1.165) is 32.6 Å². The molecule has 2 rings (SSSR count). The second-order valence-electron chi connectivity index (χ2n) is 6.88. The Hall–Kier alpha value is -1.95. The van der Waals surface area contributed by atoms with Crippen LogP contribution in [0.5, 0.6) is 17.2 Å². The van der Waals surface area contributed by atoms with Crippen molar-refractivity contribution in [1.29, 1.82) is 0 Å². The molecule has 1 aromatic carbocycles. The average Bonchev–Trinajstić information content (AvgIpc) is 2.90. The molecular formula is C21H34N2O4. The fourth-order valence-corrected chi connectivity index (χ4v) is 3.35. The van der Waals surface area contributed by atoms with E-state index in [4.69, 9.17) is 14.2 Å². The van der Waals surface area contributed by atoms with Crippen molar-refractivity contribution in [3.05, 3.63) is 17.7 Å². The molecule has 0 saturated carbocycles. The van der Waals surface area contributed by atoms with Crippen molar-refractivity contribution in [3.8, 4) is 17.2 Å². The highest BCUT2D eigenvalue weighted by molar-refractivity contribution is 5.95. The van der Waals surface area contributed by atoms with Gasteiger partial charge in [-0.2, -0.15) is 0 Å². The molecule has 0 N–H and O–H groups in total. The Morgan fingerprint density at radius 2 is 1.52 bits per heavy atom. The maximum atomic E-state index is 13.2. The molecule has 1 heterocycles. The van der Waals surface area contributed by atoms with Gasteiger partial charge < -0.3 is 19.1 Å². The van der Waals surface area contributed by atoms with E-state index in [0.29, 0.717) is 48.7 Å². The highest BCUT2D eigenvalue weighted by Gasteiger charge is 2.24. The minimum absolute atomic E-state index is 0.0190. The Labute approximate surface area is 163 Å². The number of carbonyl (C=O) groups is 1. The average molecular weight is 379 g/mol. The van der Waals surface area contributed by atoms with Gasteiger partial charge in [0.2, 0.25) is 5.75 Å². The maximum Gasteiger partial charge on any atom is 0.254 e. The lowest BCUT2D eigenvalue weighted by Crippen LogP contribution is -2.37. The van der Waals surface area contributed by atoms with Crippen molar-refractivity contribution in [2.45, 2.75) is 47.1 Å². The summed E-state index contributed by atoms with van der Waals surface area (Å²) in [6.45, 7) is 15.1. The third-order valence-corrected chi connectivity index (χ3v) is 4.70. The molecule has 0 aromatic heterocycles. The van der Waals surface area contributed by atoms with Crippen molar-refractivity contribution in [2.75, 3.05) is 46.0 Å². The van der Waals surface area contributed by atoms with Gasteiger partial charge in [-0.3, -0.25) is 9.69 Å². The first-order valence-corrected chi connectivity index (χ1v) is 10.1. The quantitative estimate of drug-likeness (QED) is 0.694. The van der Waals surface area contributed by atoms with Gasteiger partial charge in [-0.05, 0) is 53.2 Å². The van der Waals surface area contributed by atoms with Crippen LogP contribution in [0.15, 0.2) is 12.1 Å². The Balaban J connectivity index is 2.28. The van der Waals surface area contributed by atoms with Gasteiger partial charge >= 0.3 is 0 Å². The highest BCUT2D eigenvalue weighted by atomic mass is 16.5. The molecule has 27 heavy (non-hydrogen) atoms. The molecule has 0 radical (unpaired) electrons. The minimum Gasteiger partial charge on any atom is -0.490 e. The van der Waals surface area contributed by atoms with E-state index in [-0.39, 0.29) is 5.91 Å². The molecule has 0 spiro atoms. The van der Waals surface area contributed by atoms with Crippen molar-refractivity contribution < 1.29 is 19.0 Å². The molecule has 1 fully saturated rings. The van der Waals surface area contributed by atoms with E-state index >= 15 is 0 Å². The summed E-state index contributed by atoms with van der Waals surface area (Å²) in [6, 6.07) is 4.06. The monoisotopic (exact) mass is 378 g/mol. The van der Waals surface area contributed by atoms with Crippen LogP contribution < -0.4 is 14.2 Å². The molecule has 1 saturated heterocycles. The summed E-state index contributed by atoms with van der Waals surface area (Å²) in [4.78, 5) is 17.5. The van der Waals surface area contributed by atoms with Crippen molar-refractivity contribution in [3.63, 3.8) is 0 Å². The van der Waals surface area contributed by atoms with Gasteiger partial charge in [0.25, 0.3) is 5.91 Å². The molecule has 1 aromatic rings. The number of carbonyl (C=O) groups excluding carboxylic acids is 1. The van der Waals surface area contributed by atoms with Crippen molar-refractivity contribution in [1.82, 2.24) is 9.80 Å². The summed E-state index contributed by atoms with van der Waals surface area (Å²) in [6.07, 6.45) is 0.984. The lowest BCUT2D eigenvalue weighted by Gasteiger charge is -2.25. The van der Waals surface area contributed by atoms with Crippen LogP contribution in [-0.4, -0.2) is 67.7 Å². The molecule has 0 bridgehead atoms. The van der Waals surface area contributed by atoms with E-state index in [2.05, 4.69) is 18.7 Å². The molecule has 1 amide bonds. The smallest absolute Gasteiger partial charge is 0.254 e. The number of ether oxygens (including phenoxy) is 3. The third-order valence-electron chi connectivity index (χ3n) is 4.70. The first kappa shape index (κ1) is 21.4. The summed E-state index contributed by atoms with van der Waals surface area (Å²) in [5, 5.41) is 0. The van der Waals surface area contributed by atoms with Crippen LogP contribution in [0.1, 0.15) is 51.4 Å². The molecule has 0 aliphatic carbocycles. The van der Waals surface area contributed by atoms with Gasteiger partial charge in [0.1, 0.15) is 0 Å². The van der Waals surface area contributed by atoms with Gasteiger partial charge in [0, 0.05) is 37.8 Å². The normalized spacial score (nSPS) is 15.6. The van der Waals surface area contributed by atoms with Gasteiger partial charge in [-0.1, -0.05) is 0 Å². The second-order valence-corrected chi connectivity index (χ2v) is 6.88. The van der Waals surface area contributed by atoms with Gasteiger partial charge in [-0.25, -0.2) is 0 Å². The number of amides is 1. The standard InChI is InChI=1S/C21H34N2O4/c1-6-25-18-14-17(15-19(26-7-2)20(18)27-8-3)21(24)23-11-9-10-22(12-13-23)16(4)5/h14-16H,6-13H2,1-5H3. The Morgan fingerprint density at radius 3 is 2.04 bits per heavy atom. The SMILES string of the molecule is CCOc1cc(C(=O)N2CCCN(C(C)C)CC2)cc(OCC)c1OCC. The number of hydrogen-bond donors (Lipinski definition) is 0. The zero-order valence-electron chi connectivity index (χ0n) is 17.4. The Morgan fingerprint density at radius 1 is 0.926 bits per heavy atom. The summed E-state index contributed by atoms with van der Waals surface area (Å²) >= 11 is 0. The lowest BCUT2D eigenvalue weighted by molar-refractivity contribution is 0.0758. The van der Waals surface area contributed by atoms with Crippen LogP contribution in [0.4, 0.5) is 0 Å². The molecule has 152 valence electrons. The number of benzene rings is 1. The first-order chi connectivity index (χ1) is 13.0. The van der Waals surface area contributed by atoms with Gasteiger partial charge in [0.05, 0.1) is 19.8 Å². The van der Waals surface area contributed by atoms with Crippen LogP contribution >= 0.6 is 0 Å². The van der Waals surface area contributed by atoms with E-state index < -0.39 is 0 Å².